The first-order chi connectivity index (χ1) is 10.9. The number of hydrogen-bond donors (Lipinski definition) is 0. The number of nitrogens with zero attached hydrogens (tertiary/aromatic N) is 1. The molecule has 3 nitrogen and oxygen atoms in total. The molecule has 0 aliphatic carbocycles. The van der Waals surface area contributed by atoms with Gasteiger partial charge in [-0.25, -0.2) is 12.4 Å². The summed E-state index contributed by atoms with van der Waals surface area (Å²) in [5.41, 5.74) is 3.46. The highest BCUT2D eigenvalue weighted by Gasteiger charge is 2.21. The number of hydrogen-bond acceptors (Lipinski definition) is 2. The summed E-state index contributed by atoms with van der Waals surface area (Å²) in [5, 5.41) is 0.850. The van der Waals surface area contributed by atoms with Crippen molar-refractivity contribution in [1.82, 2.24) is 3.97 Å². The van der Waals surface area contributed by atoms with E-state index < -0.39 is 10.0 Å². The van der Waals surface area contributed by atoms with Crippen molar-refractivity contribution in [3.63, 3.8) is 0 Å². The molecule has 1 heterocycles. The Kier molecular flexibility index (Phi) is 4.29. The molecule has 0 aliphatic heterocycles. The molecule has 0 amide bonds. The molecule has 0 bridgehead atoms. The monoisotopic (exact) mass is 411 g/mol. The minimum Gasteiger partial charge on any atom is -0.241 e. The second kappa shape index (κ2) is 5.96. The van der Waals surface area contributed by atoms with E-state index in [4.69, 9.17) is 11.6 Å². The van der Waals surface area contributed by atoms with Gasteiger partial charge in [0.05, 0.1) is 10.4 Å². The Bertz CT molecular complexity index is 992. The van der Waals surface area contributed by atoms with Gasteiger partial charge in [-0.3, -0.25) is 0 Å². The second-order valence-corrected chi connectivity index (χ2v) is 8.42. The maximum atomic E-state index is 13.0. The van der Waals surface area contributed by atoms with Crippen LogP contribution in [0.2, 0.25) is 0 Å². The van der Waals surface area contributed by atoms with Crippen molar-refractivity contribution in [2.45, 2.75) is 24.6 Å². The summed E-state index contributed by atoms with van der Waals surface area (Å²) in [6, 6.07) is 10.6. The minimum absolute atomic E-state index is 0.273. The van der Waals surface area contributed by atoms with Crippen molar-refractivity contribution < 1.29 is 8.42 Å². The lowest BCUT2D eigenvalue weighted by Crippen LogP contribution is -2.12. The zero-order chi connectivity index (χ0) is 16.8. The Morgan fingerprint density at radius 1 is 1.13 bits per heavy atom. The van der Waals surface area contributed by atoms with Gasteiger partial charge in [0.2, 0.25) is 0 Å². The van der Waals surface area contributed by atoms with Crippen molar-refractivity contribution in [1.29, 1.82) is 0 Å². The Morgan fingerprint density at radius 3 is 2.39 bits per heavy atom. The molecule has 0 N–H and O–H groups in total. The average molecular weight is 413 g/mol. The number of aromatic nitrogens is 1. The van der Waals surface area contributed by atoms with Crippen LogP contribution in [0.15, 0.2) is 52.0 Å². The van der Waals surface area contributed by atoms with Gasteiger partial charge in [-0.05, 0) is 49.2 Å². The van der Waals surface area contributed by atoms with Crippen LogP contribution in [0.4, 0.5) is 0 Å². The maximum absolute atomic E-state index is 13.0. The number of alkyl halides is 1. The van der Waals surface area contributed by atoms with Gasteiger partial charge < -0.3 is 0 Å². The molecule has 1 aromatic heterocycles. The summed E-state index contributed by atoms with van der Waals surface area (Å²) in [6.45, 7) is 3.82. The molecule has 3 rings (SSSR count). The van der Waals surface area contributed by atoms with Crippen LogP contribution < -0.4 is 0 Å². The first-order valence-corrected chi connectivity index (χ1v) is 9.80. The first-order valence-electron chi connectivity index (χ1n) is 7.03. The van der Waals surface area contributed by atoms with Crippen LogP contribution >= 0.6 is 27.5 Å². The van der Waals surface area contributed by atoms with Crippen molar-refractivity contribution >= 4 is 48.5 Å². The third-order valence-electron chi connectivity index (χ3n) is 3.89. The fourth-order valence-corrected chi connectivity index (χ4v) is 5.24. The van der Waals surface area contributed by atoms with Crippen molar-refractivity contribution in [2.24, 2.45) is 0 Å². The van der Waals surface area contributed by atoms with Gasteiger partial charge in [-0.1, -0.05) is 33.6 Å². The Balaban J connectivity index is 2.31. The topological polar surface area (TPSA) is 39.1 Å². The van der Waals surface area contributed by atoms with Gasteiger partial charge in [-0.2, -0.15) is 0 Å². The average Bonchev–Trinajstić information content (AvgIpc) is 2.94. The predicted octanol–water partition coefficient (Wildman–Crippen LogP) is 5.00. The van der Waals surface area contributed by atoms with Crippen molar-refractivity contribution in [2.75, 3.05) is 0 Å². The van der Waals surface area contributed by atoms with Gasteiger partial charge in [0, 0.05) is 21.9 Å². The molecule has 3 aromatic rings. The Hall–Kier alpha value is -1.30. The third kappa shape index (κ3) is 2.71. The summed E-state index contributed by atoms with van der Waals surface area (Å²) in [4.78, 5) is 0.273. The fraction of sp³-hybridized carbons (Fsp3) is 0.176. The van der Waals surface area contributed by atoms with Crippen molar-refractivity contribution in [3.8, 4) is 0 Å². The van der Waals surface area contributed by atoms with Gasteiger partial charge in [-0.15, -0.1) is 11.6 Å². The van der Waals surface area contributed by atoms with E-state index >= 15 is 0 Å². The molecule has 0 atom stereocenters. The maximum Gasteiger partial charge on any atom is 0.268 e. The summed E-state index contributed by atoms with van der Waals surface area (Å²) in [6.07, 6.45) is 1.59. The van der Waals surface area contributed by atoms with E-state index in [1.807, 2.05) is 19.9 Å². The quantitative estimate of drug-likeness (QED) is 0.568. The van der Waals surface area contributed by atoms with Gasteiger partial charge in [0.1, 0.15) is 0 Å². The third-order valence-corrected chi connectivity index (χ3v) is 6.56. The highest BCUT2D eigenvalue weighted by molar-refractivity contribution is 9.10. The van der Waals surface area contributed by atoms with E-state index in [1.165, 1.54) is 3.97 Å². The number of rotatable bonds is 3. The van der Waals surface area contributed by atoms with Crippen molar-refractivity contribution in [3.05, 3.63) is 63.8 Å². The van der Waals surface area contributed by atoms with E-state index in [0.29, 0.717) is 11.4 Å². The van der Waals surface area contributed by atoms with E-state index in [1.54, 1.807) is 36.5 Å². The predicted molar refractivity (Wildman–Crippen MR) is 97.7 cm³/mol. The molecule has 0 fully saturated rings. The van der Waals surface area contributed by atoms with E-state index in [9.17, 15) is 8.42 Å². The van der Waals surface area contributed by atoms with Gasteiger partial charge in [0.25, 0.3) is 10.0 Å². The number of benzene rings is 2. The molecule has 0 unspecified atom stereocenters. The normalized spacial score (nSPS) is 12.0. The molecule has 0 saturated heterocycles. The Morgan fingerprint density at radius 2 is 1.78 bits per heavy atom. The highest BCUT2D eigenvalue weighted by Crippen LogP contribution is 2.33. The van der Waals surface area contributed by atoms with E-state index in [2.05, 4.69) is 15.9 Å². The lowest BCUT2D eigenvalue weighted by Gasteiger charge is -2.12. The molecule has 0 aliphatic rings. The summed E-state index contributed by atoms with van der Waals surface area (Å²) in [7, 11) is -3.64. The molecule has 0 saturated carbocycles. The van der Waals surface area contributed by atoms with Crippen LogP contribution in [-0.2, 0) is 15.9 Å². The molecule has 2 aromatic carbocycles. The van der Waals surface area contributed by atoms with Crippen LogP contribution in [0, 0.1) is 13.8 Å². The molecule has 0 radical (unpaired) electrons. The number of halogens is 2. The van der Waals surface area contributed by atoms with E-state index in [0.717, 1.165) is 26.5 Å². The number of fused-ring (bicyclic) bond motifs is 1. The molecule has 0 spiro atoms. The zero-order valence-electron chi connectivity index (χ0n) is 12.7. The largest absolute Gasteiger partial charge is 0.268 e. The molecule has 6 heteroatoms. The summed E-state index contributed by atoms with van der Waals surface area (Å²) >= 11 is 9.53. The second-order valence-electron chi connectivity index (χ2n) is 5.48. The van der Waals surface area contributed by atoms with Crippen LogP contribution in [0.5, 0.6) is 0 Å². The smallest absolute Gasteiger partial charge is 0.241 e. The van der Waals surface area contributed by atoms with Gasteiger partial charge in [0.15, 0.2) is 0 Å². The van der Waals surface area contributed by atoms with E-state index in [-0.39, 0.29) is 4.90 Å². The molecule has 120 valence electrons. The van der Waals surface area contributed by atoms with Crippen LogP contribution in [0.1, 0.15) is 16.7 Å². The summed E-state index contributed by atoms with van der Waals surface area (Å²) < 4.78 is 28.2. The van der Waals surface area contributed by atoms with Gasteiger partial charge >= 0.3 is 0 Å². The fourth-order valence-electron chi connectivity index (χ4n) is 2.68. The molecular formula is C17H15BrClNO2S. The lowest BCUT2D eigenvalue weighted by molar-refractivity contribution is 0.589. The van der Waals surface area contributed by atoms with Crippen LogP contribution in [0.25, 0.3) is 10.9 Å². The minimum atomic E-state index is -3.64. The number of aryl methyl sites for hydroxylation is 2. The summed E-state index contributed by atoms with van der Waals surface area (Å²) in [5.74, 6) is 0.311. The van der Waals surface area contributed by atoms with Crippen LogP contribution in [-0.4, -0.2) is 12.4 Å². The lowest BCUT2D eigenvalue weighted by atomic mass is 10.1. The highest BCUT2D eigenvalue weighted by atomic mass is 79.9. The molecule has 23 heavy (non-hydrogen) atoms. The van der Waals surface area contributed by atoms with Crippen LogP contribution in [0.3, 0.4) is 0 Å². The molecular weight excluding hydrogens is 398 g/mol. The SMILES string of the molecule is Cc1ccc(S(=O)(=O)n2ccc3c(CCl)c(Br)cc(C)c32)cc1. The Labute approximate surface area is 149 Å². The zero-order valence-corrected chi connectivity index (χ0v) is 15.8. The standard InChI is InChI=1S/C17H15BrClNO2S/c1-11-3-5-13(6-4-11)23(21,22)20-8-7-14-15(10-19)16(18)9-12(2)17(14)20/h3-9H,10H2,1-2H3. The first kappa shape index (κ1) is 16.6.